The van der Waals surface area contributed by atoms with Gasteiger partial charge in [0.05, 0.1) is 18.8 Å². The van der Waals surface area contributed by atoms with Gasteiger partial charge in [-0.15, -0.1) is 0 Å². The van der Waals surface area contributed by atoms with Gasteiger partial charge in [0.2, 0.25) is 5.78 Å². The fraction of sp³-hybridized carbons (Fsp3) is 0.533. The summed E-state index contributed by atoms with van der Waals surface area (Å²) in [5.74, 6) is -1.14. The van der Waals surface area contributed by atoms with E-state index in [1.165, 1.54) is 31.4 Å². The van der Waals surface area contributed by atoms with Gasteiger partial charge < -0.3 is 19.7 Å². The summed E-state index contributed by atoms with van der Waals surface area (Å²) in [7, 11) is 1.27. The number of anilines is 1. The van der Waals surface area contributed by atoms with Crippen LogP contribution in [0, 0.1) is 28.6 Å². The van der Waals surface area contributed by atoms with Gasteiger partial charge >= 0.3 is 12.1 Å². The van der Waals surface area contributed by atoms with Crippen LogP contribution in [0.2, 0.25) is 0 Å². The molecule has 39 heavy (non-hydrogen) atoms. The number of hydrogen-bond donors (Lipinski definition) is 3. The average Bonchev–Trinajstić information content (AvgIpc) is 3.18. The van der Waals surface area contributed by atoms with Gasteiger partial charge in [0, 0.05) is 22.4 Å². The number of ketones is 2. The van der Waals surface area contributed by atoms with Crippen LogP contribution in [0.5, 0.6) is 0 Å². The van der Waals surface area contributed by atoms with Gasteiger partial charge in [0.15, 0.2) is 12.4 Å². The van der Waals surface area contributed by atoms with E-state index in [0.29, 0.717) is 17.7 Å². The molecule has 3 fully saturated rings. The molecule has 9 nitrogen and oxygen atoms in total. The Kier molecular flexibility index (Phi) is 6.79. The summed E-state index contributed by atoms with van der Waals surface area (Å²) in [6.45, 7) is 3.34. The zero-order valence-electron chi connectivity index (χ0n) is 22.4. The Labute approximate surface area is 227 Å². The predicted octanol–water partition coefficient (Wildman–Crippen LogP) is 3.60. The van der Waals surface area contributed by atoms with Gasteiger partial charge in [-0.05, 0) is 80.4 Å². The maximum atomic E-state index is 13.4. The maximum Gasteiger partial charge on any atom is 0.412 e. The molecule has 3 N–H and O–H groups in total. The molecule has 0 bridgehead atoms. The third-order valence-electron chi connectivity index (χ3n) is 10.00. The van der Waals surface area contributed by atoms with Crippen LogP contribution in [0.25, 0.3) is 0 Å². The monoisotopic (exact) mass is 537 g/mol. The number of fused-ring (bicyclic) bond motifs is 5. The number of nitrogens with one attached hydrogen (secondary N) is 1. The molecule has 6 unspecified atom stereocenters. The van der Waals surface area contributed by atoms with Crippen LogP contribution in [-0.2, 0) is 19.1 Å². The van der Waals surface area contributed by atoms with Crippen molar-refractivity contribution in [1.82, 2.24) is 0 Å². The molecule has 1 aromatic carbocycles. The number of esters is 1. The zero-order chi connectivity index (χ0) is 28.2. The fourth-order valence-corrected chi connectivity index (χ4v) is 8.00. The highest BCUT2D eigenvalue weighted by Gasteiger charge is 2.68. The van der Waals surface area contributed by atoms with E-state index in [4.69, 9.17) is 4.74 Å². The van der Waals surface area contributed by atoms with Gasteiger partial charge in [0.25, 0.3) is 0 Å². The van der Waals surface area contributed by atoms with E-state index in [1.807, 2.05) is 13.0 Å². The molecule has 4 aliphatic rings. The number of methoxy groups -OCH3 is 1. The number of hydrogen-bond acceptors (Lipinski definition) is 8. The summed E-state index contributed by atoms with van der Waals surface area (Å²) >= 11 is 0. The second-order valence-corrected chi connectivity index (χ2v) is 11.8. The van der Waals surface area contributed by atoms with Crippen LogP contribution in [0.1, 0.15) is 56.3 Å². The molecular weight excluding hydrogens is 502 g/mol. The van der Waals surface area contributed by atoms with Crippen LogP contribution < -0.4 is 5.32 Å². The van der Waals surface area contributed by atoms with E-state index >= 15 is 0 Å². The molecule has 0 aliphatic heterocycles. The minimum Gasteiger partial charge on any atom is -0.465 e. The molecule has 1 aromatic rings. The number of aliphatic hydroxyl groups excluding tert-OH is 1. The summed E-state index contributed by atoms with van der Waals surface area (Å²) < 4.78 is 9.83. The zero-order valence-corrected chi connectivity index (χ0v) is 22.4. The Morgan fingerprint density at radius 3 is 2.54 bits per heavy atom. The molecule has 0 radical (unpaired) electrons. The molecule has 0 heterocycles. The average molecular weight is 538 g/mol. The number of Topliss-reactive ketones (excluding diaryl/α,β-unsaturated/α-hetero) is 1. The summed E-state index contributed by atoms with van der Waals surface area (Å²) in [6, 6.07) is 5.99. The summed E-state index contributed by atoms with van der Waals surface area (Å²) in [6.07, 6.45) is 6.19. The molecule has 9 heteroatoms. The molecular formula is C30H35NO8. The van der Waals surface area contributed by atoms with E-state index in [2.05, 4.69) is 17.0 Å². The van der Waals surface area contributed by atoms with Crippen molar-refractivity contribution in [3.63, 3.8) is 0 Å². The lowest BCUT2D eigenvalue weighted by Gasteiger charge is -2.59. The molecule has 1 amide bonds. The number of allylic oxidation sites excluding steroid dienone is 4. The molecule has 0 saturated heterocycles. The lowest BCUT2D eigenvalue weighted by atomic mass is 9.46. The smallest absolute Gasteiger partial charge is 0.412 e. The summed E-state index contributed by atoms with van der Waals surface area (Å²) in [4.78, 5) is 49.3. The maximum absolute atomic E-state index is 13.4. The Morgan fingerprint density at radius 2 is 1.85 bits per heavy atom. The van der Waals surface area contributed by atoms with Crippen LogP contribution in [0.15, 0.2) is 48.1 Å². The molecule has 5 rings (SSSR count). The highest BCUT2D eigenvalue weighted by Crippen LogP contribution is 2.67. The van der Waals surface area contributed by atoms with E-state index in [1.54, 1.807) is 12.2 Å². The second kappa shape index (κ2) is 9.71. The third-order valence-corrected chi connectivity index (χ3v) is 10.00. The van der Waals surface area contributed by atoms with Crippen molar-refractivity contribution in [3.8, 4) is 0 Å². The first-order valence-corrected chi connectivity index (χ1v) is 13.4. The van der Waals surface area contributed by atoms with E-state index in [0.717, 1.165) is 18.4 Å². The molecule has 7 atom stereocenters. The topological polar surface area (TPSA) is 139 Å². The number of carbonyl (C=O) groups excluding carboxylic acids is 4. The van der Waals surface area contributed by atoms with Crippen molar-refractivity contribution >= 4 is 29.3 Å². The number of amides is 1. The SMILES string of the molecule is COC(=O)c1ccc(NC(=O)OCC(=O)[C@@]2(O)CCC3C4CCC5=CC(=O)C=CC5(C)C4C(O)CC32C)cc1. The van der Waals surface area contributed by atoms with Crippen molar-refractivity contribution in [3.05, 3.63) is 53.6 Å². The Morgan fingerprint density at radius 1 is 1.13 bits per heavy atom. The highest BCUT2D eigenvalue weighted by atomic mass is 16.6. The number of aliphatic hydroxyl groups is 2. The Hall–Kier alpha value is -3.30. The minimum atomic E-state index is -1.73. The molecule has 208 valence electrons. The van der Waals surface area contributed by atoms with Crippen molar-refractivity contribution in [2.75, 3.05) is 19.0 Å². The number of carbonyl (C=O) groups is 4. The van der Waals surface area contributed by atoms with Crippen LogP contribution in [0.4, 0.5) is 10.5 Å². The first kappa shape index (κ1) is 27.3. The van der Waals surface area contributed by atoms with Crippen LogP contribution in [0.3, 0.4) is 0 Å². The normalized spacial score (nSPS) is 36.6. The quantitative estimate of drug-likeness (QED) is 0.484. The lowest BCUT2D eigenvalue weighted by molar-refractivity contribution is -0.178. The molecule has 3 saturated carbocycles. The first-order valence-electron chi connectivity index (χ1n) is 13.4. The van der Waals surface area contributed by atoms with Gasteiger partial charge in [-0.1, -0.05) is 25.5 Å². The Bertz CT molecular complexity index is 1270. The van der Waals surface area contributed by atoms with E-state index < -0.39 is 47.0 Å². The summed E-state index contributed by atoms with van der Waals surface area (Å²) in [5, 5.41) is 25.7. The number of rotatable bonds is 5. The van der Waals surface area contributed by atoms with Crippen molar-refractivity contribution in [2.24, 2.45) is 28.6 Å². The van der Waals surface area contributed by atoms with E-state index in [9.17, 15) is 29.4 Å². The predicted molar refractivity (Wildman–Crippen MR) is 141 cm³/mol. The van der Waals surface area contributed by atoms with Crippen LogP contribution >= 0.6 is 0 Å². The summed E-state index contributed by atoms with van der Waals surface area (Å²) in [5.41, 5.74) is -1.31. The fourth-order valence-electron chi connectivity index (χ4n) is 8.00. The molecule has 4 aliphatic carbocycles. The minimum absolute atomic E-state index is 0.00593. The van der Waals surface area contributed by atoms with Crippen molar-refractivity contribution < 1.29 is 38.9 Å². The first-order chi connectivity index (χ1) is 18.4. The third kappa shape index (κ3) is 4.32. The van der Waals surface area contributed by atoms with E-state index in [-0.39, 0.29) is 36.4 Å². The largest absolute Gasteiger partial charge is 0.465 e. The van der Waals surface area contributed by atoms with Gasteiger partial charge in [0.1, 0.15) is 5.60 Å². The second-order valence-electron chi connectivity index (χ2n) is 11.8. The standard InChI is InChI=1S/C30H35NO8/c1-28-12-10-20(32)14-18(28)6-9-21-22-11-13-30(37,29(22,2)15-23(33)25(21)28)24(34)16-39-27(36)31-19-7-4-17(5-8-19)26(35)38-3/h4-5,7-8,10,12,14,21-23,25,33,37H,6,9,11,13,15-16H2,1-3H3,(H,31,36)/t21?,22?,23?,25?,28?,29?,30-/m0/s1. The van der Waals surface area contributed by atoms with Crippen molar-refractivity contribution in [2.45, 2.75) is 57.7 Å². The Balaban J connectivity index is 1.27. The van der Waals surface area contributed by atoms with Gasteiger partial charge in [-0.25, -0.2) is 9.59 Å². The van der Waals surface area contributed by atoms with Crippen molar-refractivity contribution in [1.29, 1.82) is 0 Å². The molecule has 0 aromatic heterocycles. The highest BCUT2D eigenvalue weighted by molar-refractivity contribution is 6.01. The van der Waals surface area contributed by atoms with Gasteiger partial charge in [-0.2, -0.15) is 0 Å². The lowest BCUT2D eigenvalue weighted by Crippen LogP contribution is -2.61. The number of benzene rings is 1. The van der Waals surface area contributed by atoms with Crippen LogP contribution in [-0.4, -0.2) is 59.3 Å². The number of ether oxygens (including phenoxy) is 2. The van der Waals surface area contributed by atoms with Gasteiger partial charge in [-0.3, -0.25) is 14.9 Å². The molecule has 0 spiro atoms.